The molecule has 0 saturated carbocycles. The Morgan fingerprint density at radius 1 is 1.24 bits per heavy atom. The maximum Gasteiger partial charge on any atom is 0.222 e. The van der Waals surface area contributed by atoms with Gasteiger partial charge in [0, 0.05) is 41.5 Å². The normalized spacial score (nSPS) is 23.5. The summed E-state index contributed by atoms with van der Waals surface area (Å²) in [6, 6.07) is 17.2. The Morgan fingerprint density at radius 2 is 2.10 bits per heavy atom. The van der Waals surface area contributed by atoms with Gasteiger partial charge in [0.05, 0.1) is 7.11 Å². The van der Waals surface area contributed by atoms with Crippen molar-refractivity contribution in [2.24, 2.45) is 5.92 Å². The maximum atomic E-state index is 12.5. The molecule has 1 unspecified atom stereocenters. The van der Waals surface area contributed by atoms with Crippen LogP contribution in [0, 0.1) is 5.92 Å². The Hall–Kier alpha value is -2.75. The van der Waals surface area contributed by atoms with E-state index < -0.39 is 0 Å². The number of amides is 1. The molecule has 0 bridgehead atoms. The minimum absolute atomic E-state index is 0.0347. The van der Waals surface area contributed by atoms with Crippen LogP contribution in [0.3, 0.4) is 0 Å². The Morgan fingerprint density at radius 3 is 2.93 bits per heavy atom. The topological polar surface area (TPSA) is 45.3 Å². The molecule has 4 nitrogen and oxygen atoms in total. The number of piperidine rings is 1. The highest BCUT2D eigenvalue weighted by Gasteiger charge is 2.48. The number of carbonyl (C=O) groups excluding carboxylic acids is 1. The predicted molar refractivity (Wildman–Crippen MR) is 115 cm³/mol. The molecule has 1 saturated heterocycles. The number of likely N-dealkylation sites (tertiary alicyclic amines) is 1. The van der Waals surface area contributed by atoms with Gasteiger partial charge in [0.2, 0.25) is 5.91 Å². The van der Waals surface area contributed by atoms with Gasteiger partial charge in [-0.3, -0.25) is 4.79 Å². The van der Waals surface area contributed by atoms with Crippen LogP contribution >= 0.6 is 0 Å². The van der Waals surface area contributed by atoms with Gasteiger partial charge in [-0.1, -0.05) is 37.3 Å². The van der Waals surface area contributed by atoms with Crippen molar-refractivity contribution >= 4 is 16.8 Å². The van der Waals surface area contributed by atoms with Crippen LogP contribution in [-0.4, -0.2) is 36.0 Å². The quantitative estimate of drug-likeness (QED) is 0.719. The largest absolute Gasteiger partial charge is 0.497 e. The second kappa shape index (κ2) is 6.94. The number of rotatable bonds is 3. The van der Waals surface area contributed by atoms with Crippen molar-refractivity contribution < 1.29 is 9.53 Å². The minimum atomic E-state index is 0.0347. The van der Waals surface area contributed by atoms with Crippen molar-refractivity contribution in [2.75, 3.05) is 20.2 Å². The molecule has 3 aromatic rings. The summed E-state index contributed by atoms with van der Waals surface area (Å²) in [7, 11) is 1.73. The Bertz CT molecular complexity index is 1070. The first kappa shape index (κ1) is 18.3. The van der Waals surface area contributed by atoms with Gasteiger partial charge in [0.15, 0.2) is 0 Å². The van der Waals surface area contributed by atoms with Gasteiger partial charge >= 0.3 is 0 Å². The summed E-state index contributed by atoms with van der Waals surface area (Å²) in [4.78, 5) is 18.3. The van der Waals surface area contributed by atoms with Crippen molar-refractivity contribution in [3.8, 4) is 5.75 Å². The number of aromatic amines is 1. The summed E-state index contributed by atoms with van der Waals surface area (Å²) in [6.45, 7) is 3.63. The fourth-order valence-corrected chi connectivity index (χ4v) is 5.63. The molecule has 1 amide bonds. The lowest BCUT2D eigenvalue weighted by Gasteiger charge is -2.51. The van der Waals surface area contributed by atoms with E-state index in [1.165, 1.54) is 27.7 Å². The molecule has 4 heteroatoms. The third-order valence-corrected chi connectivity index (χ3v) is 7.19. The van der Waals surface area contributed by atoms with E-state index in [2.05, 4.69) is 52.3 Å². The van der Waals surface area contributed by atoms with E-state index in [0.717, 1.165) is 38.1 Å². The summed E-state index contributed by atoms with van der Waals surface area (Å²) < 4.78 is 5.54. The van der Waals surface area contributed by atoms with Crippen molar-refractivity contribution in [1.82, 2.24) is 9.88 Å². The summed E-state index contributed by atoms with van der Waals surface area (Å²) in [5.74, 6) is 1.59. The highest BCUT2D eigenvalue weighted by molar-refractivity contribution is 5.85. The van der Waals surface area contributed by atoms with Gasteiger partial charge in [0.25, 0.3) is 0 Å². The number of nitrogens with zero attached hydrogens (tertiary/aromatic N) is 1. The summed E-state index contributed by atoms with van der Waals surface area (Å²) in [5, 5.41) is 1.33. The Kier molecular flexibility index (Phi) is 4.38. The highest BCUT2D eigenvalue weighted by Crippen LogP contribution is 2.49. The van der Waals surface area contributed by atoms with Gasteiger partial charge in [0.1, 0.15) is 5.75 Å². The number of benzene rings is 2. The van der Waals surface area contributed by atoms with Crippen LogP contribution in [0.25, 0.3) is 10.9 Å². The predicted octanol–water partition coefficient (Wildman–Crippen LogP) is 4.47. The van der Waals surface area contributed by atoms with Crippen LogP contribution in [0.2, 0.25) is 0 Å². The summed E-state index contributed by atoms with van der Waals surface area (Å²) in [6.07, 6.45) is 3.57. The molecule has 1 N–H and O–H groups in total. The molecule has 0 spiro atoms. The van der Waals surface area contributed by atoms with E-state index in [4.69, 9.17) is 4.74 Å². The molecule has 2 aromatic carbocycles. The number of para-hydroxylation sites is 1. The van der Waals surface area contributed by atoms with Crippen molar-refractivity contribution in [2.45, 2.75) is 38.0 Å². The monoisotopic (exact) mass is 388 g/mol. The molecule has 5 rings (SSSR count). The molecule has 0 radical (unpaired) electrons. The Balaban J connectivity index is 1.63. The standard InChI is InChI=1S/C25H28N2O2/c1-3-24(28)27-12-11-25(17-7-6-8-19(13-17)29-2)15-23-21(14-18(25)16-27)20-9-4-5-10-22(20)26-23/h4-10,13,18,26H,3,11-12,14-16H2,1-2H3/t18?,25-/m1/s1. The molecule has 2 aliphatic rings. The first-order valence-corrected chi connectivity index (χ1v) is 10.7. The molecule has 150 valence electrons. The summed E-state index contributed by atoms with van der Waals surface area (Å²) >= 11 is 0. The smallest absolute Gasteiger partial charge is 0.222 e. The average molecular weight is 389 g/mol. The first-order valence-electron chi connectivity index (χ1n) is 10.7. The number of ether oxygens (including phenoxy) is 1. The lowest BCUT2D eigenvalue weighted by molar-refractivity contribution is -0.134. The number of methoxy groups -OCH3 is 1. The van der Waals surface area contributed by atoms with E-state index in [-0.39, 0.29) is 11.3 Å². The molecular formula is C25H28N2O2. The van der Waals surface area contributed by atoms with Crippen LogP contribution in [0.5, 0.6) is 5.75 Å². The second-order valence-corrected chi connectivity index (χ2v) is 8.54. The van der Waals surface area contributed by atoms with Crippen molar-refractivity contribution in [3.05, 3.63) is 65.4 Å². The zero-order valence-electron chi connectivity index (χ0n) is 17.2. The summed E-state index contributed by atoms with van der Waals surface area (Å²) in [5.41, 5.74) is 5.40. The minimum Gasteiger partial charge on any atom is -0.497 e. The number of carbonyl (C=O) groups is 1. The van der Waals surface area contributed by atoms with E-state index in [9.17, 15) is 4.79 Å². The number of aromatic nitrogens is 1. The number of fused-ring (bicyclic) bond motifs is 4. The number of hydrogen-bond acceptors (Lipinski definition) is 2. The van der Waals surface area contributed by atoms with Crippen molar-refractivity contribution in [1.29, 1.82) is 0 Å². The van der Waals surface area contributed by atoms with E-state index in [1.807, 2.05) is 13.0 Å². The number of nitrogens with one attached hydrogen (secondary N) is 1. The molecule has 1 aliphatic heterocycles. The van der Waals surface area contributed by atoms with Gasteiger partial charge < -0.3 is 14.6 Å². The third-order valence-electron chi connectivity index (χ3n) is 7.19. The molecule has 1 aromatic heterocycles. The molecule has 29 heavy (non-hydrogen) atoms. The molecule has 2 heterocycles. The van der Waals surface area contributed by atoms with E-state index in [0.29, 0.717) is 12.3 Å². The number of H-pyrrole nitrogens is 1. The fraction of sp³-hybridized carbons (Fsp3) is 0.400. The van der Waals surface area contributed by atoms with Crippen LogP contribution in [0.4, 0.5) is 0 Å². The average Bonchev–Trinajstić information content (AvgIpc) is 3.13. The van der Waals surface area contributed by atoms with Crippen LogP contribution in [0.15, 0.2) is 48.5 Å². The lowest BCUT2D eigenvalue weighted by atomic mass is 9.58. The van der Waals surface area contributed by atoms with E-state index in [1.54, 1.807) is 7.11 Å². The van der Waals surface area contributed by atoms with Crippen LogP contribution in [-0.2, 0) is 23.1 Å². The van der Waals surface area contributed by atoms with Crippen LogP contribution < -0.4 is 4.74 Å². The molecule has 1 fully saturated rings. The molecular weight excluding hydrogens is 360 g/mol. The fourth-order valence-electron chi connectivity index (χ4n) is 5.63. The highest BCUT2D eigenvalue weighted by atomic mass is 16.5. The maximum absolute atomic E-state index is 12.5. The first-order chi connectivity index (χ1) is 14.1. The second-order valence-electron chi connectivity index (χ2n) is 8.54. The molecule has 2 atom stereocenters. The SMILES string of the molecule is CCC(=O)N1CC[C@]2(c3cccc(OC)c3)Cc3[nH]c4ccccc4c3CC2C1. The third kappa shape index (κ3) is 2.85. The molecule has 1 aliphatic carbocycles. The lowest BCUT2D eigenvalue weighted by Crippen LogP contribution is -2.55. The Labute approximate surface area is 171 Å². The van der Waals surface area contributed by atoms with Gasteiger partial charge in [-0.15, -0.1) is 0 Å². The van der Waals surface area contributed by atoms with Gasteiger partial charge in [-0.2, -0.15) is 0 Å². The number of hydrogen-bond donors (Lipinski definition) is 1. The van der Waals surface area contributed by atoms with Gasteiger partial charge in [-0.25, -0.2) is 0 Å². The van der Waals surface area contributed by atoms with Crippen LogP contribution in [0.1, 0.15) is 36.6 Å². The zero-order chi connectivity index (χ0) is 20.0. The zero-order valence-corrected chi connectivity index (χ0v) is 17.2. The van der Waals surface area contributed by atoms with Gasteiger partial charge in [-0.05, 0) is 54.5 Å². The van der Waals surface area contributed by atoms with E-state index >= 15 is 0 Å². The van der Waals surface area contributed by atoms with Crippen molar-refractivity contribution in [3.63, 3.8) is 0 Å².